The first-order valence-electron chi connectivity index (χ1n) is 10.5. The lowest BCUT2D eigenvalue weighted by atomic mass is 10.1. The Labute approximate surface area is 195 Å². The molecule has 4 aromatic rings. The largest absolute Gasteiger partial charge is 0.508 e. The van der Waals surface area contributed by atoms with Gasteiger partial charge in [0, 0.05) is 18.1 Å². The zero-order valence-corrected chi connectivity index (χ0v) is 18.1. The van der Waals surface area contributed by atoms with E-state index in [1.54, 1.807) is 48.5 Å². The number of nitrogens with zero attached hydrogens (tertiary/aromatic N) is 1. The second kappa shape index (κ2) is 8.71. The van der Waals surface area contributed by atoms with Gasteiger partial charge in [0.1, 0.15) is 34.4 Å². The third-order valence-corrected chi connectivity index (χ3v) is 5.44. The summed E-state index contributed by atoms with van der Waals surface area (Å²) in [7, 11) is 0. The van der Waals surface area contributed by atoms with Crippen LogP contribution in [0.25, 0.3) is 11.1 Å². The normalized spacial score (nSPS) is 13.5. The summed E-state index contributed by atoms with van der Waals surface area (Å²) in [5, 5.41) is 12.4. The maximum atomic E-state index is 11.9. The summed E-state index contributed by atoms with van der Waals surface area (Å²) < 4.78 is 17.6. The molecule has 1 N–H and O–H groups in total. The van der Waals surface area contributed by atoms with Crippen molar-refractivity contribution < 1.29 is 24.1 Å². The lowest BCUT2D eigenvalue weighted by Gasteiger charge is -2.15. The second-order valence-electron chi connectivity index (χ2n) is 7.77. The van der Waals surface area contributed by atoms with Gasteiger partial charge in [-0.15, -0.1) is 4.91 Å². The van der Waals surface area contributed by atoms with Crippen molar-refractivity contribution in [3.8, 4) is 39.9 Å². The third-order valence-electron chi connectivity index (χ3n) is 5.44. The molecule has 0 fully saturated rings. The Balaban J connectivity index is 1.47. The standard InChI is InChI=1S/C27H19NO6/c1-16(29)32-27-25-14-21(33-19-6-2-17(28-31)3-7-19)10-12-23(25)24-13-11-22(15-26(24)27)34-20-8-4-18(30)5-9-20/h2-15,27,30H,1H3. The van der Waals surface area contributed by atoms with Gasteiger partial charge in [-0.1, -0.05) is 12.1 Å². The van der Waals surface area contributed by atoms with Gasteiger partial charge in [-0.3, -0.25) is 4.79 Å². The predicted molar refractivity (Wildman–Crippen MR) is 126 cm³/mol. The van der Waals surface area contributed by atoms with Crippen LogP contribution in [0.15, 0.2) is 90.1 Å². The van der Waals surface area contributed by atoms with E-state index in [2.05, 4.69) is 5.18 Å². The lowest BCUT2D eigenvalue weighted by molar-refractivity contribution is -0.144. The molecule has 5 rings (SSSR count). The van der Waals surface area contributed by atoms with Crippen molar-refractivity contribution in [1.82, 2.24) is 0 Å². The minimum absolute atomic E-state index is 0.154. The SMILES string of the molecule is CC(=O)OC1c2cc(Oc3ccc(O)cc3)ccc2-c2ccc(Oc3ccc(N=O)cc3)cc21. The van der Waals surface area contributed by atoms with Crippen LogP contribution in [0.1, 0.15) is 24.2 Å². The van der Waals surface area contributed by atoms with E-state index < -0.39 is 12.1 Å². The van der Waals surface area contributed by atoms with Crippen molar-refractivity contribution in [2.75, 3.05) is 0 Å². The molecule has 1 unspecified atom stereocenters. The van der Waals surface area contributed by atoms with Gasteiger partial charge < -0.3 is 19.3 Å². The van der Waals surface area contributed by atoms with Gasteiger partial charge in [0.25, 0.3) is 0 Å². The van der Waals surface area contributed by atoms with Gasteiger partial charge in [-0.2, -0.15) is 0 Å². The number of hydrogen-bond donors (Lipinski definition) is 1. The molecule has 0 aromatic heterocycles. The summed E-state index contributed by atoms with van der Waals surface area (Å²) in [5.41, 5.74) is 3.80. The molecule has 0 spiro atoms. The first kappa shape index (κ1) is 21.2. The molecule has 1 aliphatic carbocycles. The van der Waals surface area contributed by atoms with Crippen LogP contribution in [0.5, 0.6) is 28.7 Å². The van der Waals surface area contributed by atoms with Gasteiger partial charge in [0.2, 0.25) is 0 Å². The van der Waals surface area contributed by atoms with E-state index in [1.807, 2.05) is 36.4 Å². The molecule has 0 saturated heterocycles. The maximum absolute atomic E-state index is 11.9. The molecule has 4 aromatic carbocycles. The Bertz CT molecular complexity index is 1380. The molecule has 1 aliphatic rings. The molecule has 7 nitrogen and oxygen atoms in total. The van der Waals surface area contributed by atoms with E-state index in [4.69, 9.17) is 14.2 Å². The third kappa shape index (κ3) is 4.19. The summed E-state index contributed by atoms with van der Waals surface area (Å²) >= 11 is 0. The molecule has 1 atom stereocenters. The Hall–Kier alpha value is -4.65. The number of carbonyl (C=O) groups is 1. The number of hydrogen-bond acceptors (Lipinski definition) is 7. The first-order valence-corrected chi connectivity index (χ1v) is 10.5. The van der Waals surface area contributed by atoms with Crippen molar-refractivity contribution in [1.29, 1.82) is 0 Å². The lowest BCUT2D eigenvalue weighted by Crippen LogP contribution is -2.07. The van der Waals surface area contributed by atoms with E-state index in [0.717, 1.165) is 22.3 Å². The second-order valence-corrected chi connectivity index (χ2v) is 7.77. The Morgan fingerprint density at radius 3 is 1.68 bits per heavy atom. The number of esters is 1. The number of aromatic hydroxyl groups is 1. The molecule has 0 amide bonds. The van der Waals surface area contributed by atoms with Crippen LogP contribution in [0.2, 0.25) is 0 Å². The maximum Gasteiger partial charge on any atom is 0.303 e. The van der Waals surface area contributed by atoms with E-state index in [1.165, 1.54) is 6.92 Å². The number of nitroso groups, excluding NO2 is 1. The summed E-state index contributed by atoms with van der Waals surface area (Å²) in [5.74, 6) is 2.02. The van der Waals surface area contributed by atoms with Gasteiger partial charge >= 0.3 is 5.97 Å². The Morgan fingerprint density at radius 1 is 0.735 bits per heavy atom. The van der Waals surface area contributed by atoms with E-state index in [-0.39, 0.29) is 5.75 Å². The number of benzene rings is 4. The number of phenols is 1. The highest BCUT2D eigenvalue weighted by Crippen LogP contribution is 2.48. The molecule has 0 radical (unpaired) electrons. The van der Waals surface area contributed by atoms with Crippen molar-refractivity contribution in [3.63, 3.8) is 0 Å². The van der Waals surface area contributed by atoms with Gasteiger partial charge in [0.15, 0.2) is 6.10 Å². The Kier molecular flexibility index (Phi) is 5.43. The van der Waals surface area contributed by atoms with Gasteiger partial charge in [-0.05, 0) is 89.1 Å². The summed E-state index contributed by atoms with van der Waals surface area (Å²) in [6.45, 7) is 1.37. The number of carbonyl (C=O) groups excluding carboxylic acids is 1. The van der Waals surface area contributed by atoms with Crippen LogP contribution in [0.3, 0.4) is 0 Å². The Morgan fingerprint density at radius 2 is 1.21 bits per heavy atom. The highest BCUT2D eigenvalue weighted by atomic mass is 16.5. The fraction of sp³-hybridized carbons (Fsp3) is 0.0741. The van der Waals surface area contributed by atoms with Crippen molar-refractivity contribution in [2.45, 2.75) is 13.0 Å². The van der Waals surface area contributed by atoms with Crippen molar-refractivity contribution in [3.05, 3.63) is 101 Å². The number of ether oxygens (including phenoxy) is 3. The summed E-state index contributed by atoms with van der Waals surface area (Å²) in [4.78, 5) is 22.5. The molecular formula is C27H19NO6. The smallest absolute Gasteiger partial charge is 0.303 e. The van der Waals surface area contributed by atoms with Crippen LogP contribution < -0.4 is 9.47 Å². The van der Waals surface area contributed by atoms with Crippen LogP contribution in [0.4, 0.5) is 5.69 Å². The molecule has 0 heterocycles. The fourth-order valence-electron chi connectivity index (χ4n) is 3.95. The van der Waals surface area contributed by atoms with Gasteiger partial charge in [-0.25, -0.2) is 0 Å². The van der Waals surface area contributed by atoms with Crippen LogP contribution in [-0.2, 0) is 9.53 Å². The summed E-state index contributed by atoms with van der Waals surface area (Å²) in [6, 6.07) is 24.1. The molecule has 0 saturated carbocycles. The molecule has 168 valence electrons. The van der Waals surface area contributed by atoms with Crippen molar-refractivity contribution >= 4 is 11.7 Å². The summed E-state index contributed by atoms with van der Waals surface area (Å²) in [6.07, 6.45) is -0.615. The van der Waals surface area contributed by atoms with E-state index >= 15 is 0 Å². The molecule has 7 heteroatoms. The fourth-order valence-corrected chi connectivity index (χ4v) is 3.95. The quantitative estimate of drug-likeness (QED) is 0.249. The minimum Gasteiger partial charge on any atom is -0.508 e. The molecule has 0 bridgehead atoms. The van der Waals surface area contributed by atoms with E-state index in [0.29, 0.717) is 28.7 Å². The van der Waals surface area contributed by atoms with E-state index in [9.17, 15) is 14.8 Å². The molecule has 0 aliphatic heterocycles. The number of phenolic OH excluding ortho intramolecular Hbond substituents is 1. The number of rotatable bonds is 6. The van der Waals surface area contributed by atoms with Gasteiger partial charge in [0.05, 0.1) is 0 Å². The molecule has 34 heavy (non-hydrogen) atoms. The molecular weight excluding hydrogens is 434 g/mol. The highest BCUT2D eigenvalue weighted by Gasteiger charge is 2.32. The van der Waals surface area contributed by atoms with Crippen LogP contribution in [-0.4, -0.2) is 11.1 Å². The first-order chi connectivity index (χ1) is 16.5. The highest BCUT2D eigenvalue weighted by molar-refractivity contribution is 5.81. The minimum atomic E-state index is -0.615. The predicted octanol–water partition coefficient (Wildman–Crippen LogP) is 7.01. The average molecular weight is 453 g/mol. The van der Waals surface area contributed by atoms with Crippen molar-refractivity contribution in [2.24, 2.45) is 5.18 Å². The van der Waals surface area contributed by atoms with Crippen LogP contribution in [0, 0.1) is 4.91 Å². The zero-order chi connectivity index (χ0) is 23.7. The average Bonchev–Trinajstić information content (AvgIpc) is 3.13. The zero-order valence-electron chi connectivity index (χ0n) is 18.1. The topological polar surface area (TPSA) is 94.4 Å². The monoisotopic (exact) mass is 453 g/mol. The number of fused-ring (bicyclic) bond motifs is 3. The van der Waals surface area contributed by atoms with Crippen LogP contribution >= 0.6 is 0 Å².